The first-order valence-electron chi connectivity index (χ1n) is 13.9. The molecule has 0 bridgehead atoms. The van der Waals surface area contributed by atoms with E-state index < -0.39 is 32.5 Å². The molecule has 0 amide bonds. The van der Waals surface area contributed by atoms with Gasteiger partial charge in [0.1, 0.15) is 6.61 Å². The molecule has 1 unspecified atom stereocenters. The number of carbonyl (C=O) groups is 2. The summed E-state index contributed by atoms with van der Waals surface area (Å²) in [5.74, 6) is -1.09. The van der Waals surface area contributed by atoms with E-state index in [-0.39, 0.29) is 13.0 Å². The van der Waals surface area contributed by atoms with Gasteiger partial charge in [0.2, 0.25) is 0 Å². The Kier molecular flexibility index (Phi) is 24.0. The van der Waals surface area contributed by atoms with Crippen LogP contribution in [-0.2, 0) is 28.2 Å². The lowest BCUT2D eigenvalue weighted by atomic mass is 10.1. The van der Waals surface area contributed by atoms with Crippen LogP contribution < -0.4 is 0 Å². The third kappa shape index (κ3) is 28.6. The van der Waals surface area contributed by atoms with Crippen molar-refractivity contribution in [2.24, 2.45) is 0 Å². The van der Waals surface area contributed by atoms with Crippen molar-refractivity contribution in [2.45, 2.75) is 110 Å². The third-order valence-corrected chi connectivity index (χ3v) is 5.91. The number of phosphoric ester groups is 1. The van der Waals surface area contributed by atoms with Crippen molar-refractivity contribution in [3.63, 3.8) is 0 Å². The molecular formula is C29H49O8P. The van der Waals surface area contributed by atoms with E-state index in [4.69, 9.17) is 19.3 Å². The van der Waals surface area contributed by atoms with Gasteiger partial charge in [0.05, 0.1) is 6.61 Å². The molecule has 0 saturated carbocycles. The van der Waals surface area contributed by atoms with Crippen molar-refractivity contribution in [3.8, 4) is 0 Å². The van der Waals surface area contributed by atoms with Crippen LogP contribution in [0.25, 0.3) is 0 Å². The van der Waals surface area contributed by atoms with Gasteiger partial charge in [0, 0.05) is 13.3 Å². The van der Waals surface area contributed by atoms with E-state index in [1.807, 2.05) is 0 Å². The smallest absolute Gasteiger partial charge is 0.462 e. The fourth-order valence-corrected chi connectivity index (χ4v) is 3.80. The zero-order valence-corrected chi connectivity index (χ0v) is 24.2. The second-order valence-corrected chi connectivity index (χ2v) is 10.3. The molecule has 0 fully saturated rings. The van der Waals surface area contributed by atoms with Crippen molar-refractivity contribution in [3.05, 3.63) is 48.6 Å². The lowest BCUT2D eigenvalue weighted by Crippen LogP contribution is -2.29. The number of esters is 2. The molecule has 0 spiro atoms. The van der Waals surface area contributed by atoms with Gasteiger partial charge in [0.15, 0.2) is 6.10 Å². The molecule has 8 nitrogen and oxygen atoms in total. The summed E-state index contributed by atoms with van der Waals surface area (Å²) in [6, 6.07) is 0. The highest BCUT2D eigenvalue weighted by Gasteiger charge is 2.22. The molecule has 0 aliphatic heterocycles. The molecule has 0 aromatic rings. The van der Waals surface area contributed by atoms with Crippen LogP contribution in [0.2, 0.25) is 0 Å². The SMILES string of the molecule is CC/C=C\C/C=C\C/C=C\C/C=C\CCCCCCCCCCC(=O)OC(COC(C)=O)COP(=O)(O)O. The predicted octanol–water partition coefficient (Wildman–Crippen LogP) is 7.28. The number of phosphoric acid groups is 1. The van der Waals surface area contributed by atoms with Crippen molar-refractivity contribution < 1.29 is 37.9 Å². The van der Waals surface area contributed by atoms with Gasteiger partial charge in [0.25, 0.3) is 0 Å². The van der Waals surface area contributed by atoms with Crippen LogP contribution in [0.3, 0.4) is 0 Å². The molecule has 0 rings (SSSR count). The Balaban J connectivity index is 3.68. The lowest BCUT2D eigenvalue weighted by Gasteiger charge is -2.18. The summed E-state index contributed by atoms with van der Waals surface area (Å²) >= 11 is 0. The van der Waals surface area contributed by atoms with E-state index in [1.165, 1.54) is 32.6 Å². The Hall–Kier alpha value is -1.99. The first-order valence-corrected chi connectivity index (χ1v) is 15.4. The fourth-order valence-electron chi connectivity index (χ4n) is 3.44. The summed E-state index contributed by atoms with van der Waals surface area (Å²) in [5, 5.41) is 0. The molecule has 2 N–H and O–H groups in total. The van der Waals surface area contributed by atoms with Crippen LogP contribution in [0.15, 0.2) is 48.6 Å². The molecule has 218 valence electrons. The minimum Gasteiger partial charge on any atom is -0.462 e. The Morgan fingerprint density at radius 2 is 1.24 bits per heavy atom. The largest absolute Gasteiger partial charge is 0.469 e. The fraction of sp³-hybridized carbons (Fsp3) is 0.655. The number of rotatable bonds is 24. The molecule has 1 atom stereocenters. The maximum Gasteiger partial charge on any atom is 0.469 e. The summed E-state index contributed by atoms with van der Waals surface area (Å²) in [6.45, 7) is 2.47. The third-order valence-electron chi connectivity index (χ3n) is 5.42. The first-order chi connectivity index (χ1) is 18.2. The number of hydrogen-bond donors (Lipinski definition) is 2. The lowest BCUT2D eigenvalue weighted by molar-refractivity contribution is -0.160. The Morgan fingerprint density at radius 3 is 1.76 bits per heavy atom. The summed E-state index contributed by atoms with van der Waals surface area (Å²) in [6.07, 6.45) is 30.7. The molecule has 0 aromatic heterocycles. The highest BCUT2D eigenvalue weighted by Crippen LogP contribution is 2.35. The van der Waals surface area contributed by atoms with Crippen molar-refractivity contribution in [2.75, 3.05) is 13.2 Å². The van der Waals surface area contributed by atoms with Crippen LogP contribution in [0, 0.1) is 0 Å². The molecule has 0 aromatic carbocycles. The minimum atomic E-state index is -4.71. The quantitative estimate of drug-likeness (QED) is 0.0551. The highest BCUT2D eigenvalue weighted by molar-refractivity contribution is 7.46. The zero-order chi connectivity index (χ0) is 28.3. The second-order valence-electron chi connectivity index (χ2n) is 9.07. The van der Waals surface area contributed by atoms with Crippen LogP contribution in [0.5, 0.6) is 0 Å². The Bertz CT molecular complexity index is 767. The molecule has 0 saturated heterocycles. The average Bonchev–Trinajstić information content (AvgIpc) is 2.86. The maximum absolute atomic E-state index is 12.0. The maximum atomic E-state index is 12.0. The van der Waals surface area contributed by atoms with Gasteiger partial charge in [-0.3, -0.25) is 14.1 Å². The van der Waals surface area contributed by atoms with Gasteiger partial charge in [-0.25, -0.2) is 4.57 Å². The summed E-state index contributed by atoms with van der Waals surface area (Å²) in [4.78, 5) is 40.5. The Morgan fingerprint density at radius 1 is 0.737 bits per heavy atom. The number of allylic oxidation sites excluding steroid dienone is 8. The molecule has 9 heteroatoms. The van der Waals surface area contributed by atoms with Crippen molar-refractivity contribution in [1.82, 2.24) is 0 Å². The summed E-state index contributed by atoms with van der Waals surface area (Å²) < 4.78 is 25.1. The van der Waals surface area contributed by atoms with Gasteiger partial charge in [-0.1, -0.05) is 94.1 Å². The molecule has 38 heavy (non-hydrogen) atoms. The standard InChI is InChI=1S/C29H49O8P/c1-3-4-5-6-7-8-9-10-11-12-13-14-15-16-17-18-19-20-21-22-23-24-29(31)37-28(25-35-27(2)30)26-36-38(32,33)34/h4-5,7-8,10-11,13-14,28H,3,6,9,12,15-26H2,1-2H3,(H2,32,33,34)/b5-4-,8-7-,11-10-,14-13-. The van der Waals surface area contributed by atoms with Gasteiger partial charge in [-0.2, -0.15) is 0 Å². The first kappa shape index (κ1) is 36.0. The normalized spacial score (nSPS) is 13.3. The molecule has 0 aliphatic rings. The molecule has 0 aliphatic carbocycles. The van der Waals surface area contributed by atoms with Gasteiger partial charge < -0.3 is 19.3 Å². The monoisotopic (exact) mass is 556 g/mol. The van der Waals surface area contributed by atoms with Crippen LogP contribution in [0.4, 0.5) is 0 Å². The summed E-state index contributed by atoms with van der Waals surface area (Å²) in [5.41, 5.74) is 0. The van der Waals surface area contributed by atoms with E-state index in [0.29, 0.717) is 6.42 Å². The van der Waals surface area contributed by atoms with E-state index >= 15 is 0 Å². The second kappa shape index (κ2) is 25.3. The number of unbranched alkanes of at least 4 members (excludes halogenated alkanes) is 8. The molecule has 0 heterocycles. The van der Waals surface area contributed by atoms with E-state index in [9.17, 15) is 14.2 Å². The highest BCUT2D eigenvalue weighted by atomic mass is 31.2. The Labute approximate surface area is 229 Å². The van der Waals surface area contributed by atoms with E-state index in [2.05, 4.69) is 60.1 Å². The number of hydrogen-bond acceptors (Lipinski definition) is 6. The predicted molar refractivity (Wildman–Crippen MR) is 151 cm³/mol. The van der Waals surface area contributed by atoms with Crippen LogP contribution >= 0.6 is 7.82 Å². The van der Waals surface area contributed by atoms with Crippen molar-refractivity contribution >= 4 is 19.8 Å². The molecular weight excluding hydrogens is 507 g/mol. The number of carbonyl (C=O) groups excluding carboxylic acids is 2. The van der Waals surface area contributed by atoms with Gasteiger partial charge in [-0.15, -0.1) is 0 Å². The van der Waals surface area contributed by atoms with E-state index in [1.54, 1.807) is 0 Å². The molecule has 0 radical (unpaired) electrons. The average molecular weight is 557 g/mol. The van der Waals surface area contributed by atoms with Crippen LogP contribution in [-0.4, -0.2) is 41.0 Å². The zero-order valence-electron chi connectivity index (χ0n) is 23.3. The van der Waals surface area contributed by atoms with Gasteiger partial charge >= 0.3 is 19.8 Å². The number of ether oxygens (including phenoxy) is 2. The minimum absolute atomic E-state index is 0.196. The van der Waals surface area contributed by atoms with Crippen LogP contribution in [0.1, 0.15) is 104 Å². The topological polar surface area (TPSA) is 119 Å². The van der Waals surface area contributed by atoms with E-state index in [0.717, 1.165) is 51.4 Å². The summed E-state index contributed by atoms with van der Waals surface area (Å²) in [7, 11) is -4.71. The van der Waals surface area contributed by atoms with Crippen molar-refractivity contribution in [1.29, 1.82) is 0 Å². The van der Waals surface area contributed by atoms with Gasteiger partial charge in [-0.05, 0) is 44.9 Å².